The largest absolute Gasteiger partial charge is 0.355 e. The Morgan fingerprint density at radius 3 is 2.19 bits per heavy atom. The molecule has 2 heterocycles. The number of nitrogens with one attached hydrogen (secondary N) is 1. The molecule has 2 aliphatic heterocycles. The lowest BCUT2D eigenvalue weighted by Gasteiger charge is -2.42. The molecule has 2 aliphatic carbocycles. The van der Waals surface area contributed by atoms with E-state index in [2.05, 4.69) is 15.1 Å². The molecule has 3 fully saturated rings. The Labute approximate surface area is 282 Å². The number of Topliss-reactive ketones (excluding diaryl/α,β-unsaturated/α-hetero) is 1. The fourth-order valence-electron chi connectivity index (χ4n) is 7.94. The van der Waals surface area contributed by atoms with Gasteiger partial charge in [0, 0.05) is 81.3 Å². The van der Waals surface area contributed by atoms with Gasteiger partial charge >= 0.3 is 0 Å². The molecule has 1 saturated heterocycles. The lowest BCUT2D eigenvalue weighted by Crippen LogP contribution is -2.51. The van der Waals surface area contributed by atoms with Gasteiger partial charge in [0.25, 0.3) is 0 Å². The summed E-state index contributed by atoms with van der Waals surface area (Å²) in [7, 11) is 1.71. The predicted molar refractivity (Wildman–Crippen MR) is 187 cm³/mol. The van der Waals surface area contributed by atoms with Crippen LogP contribution in [0, 0.1) is 23.5 Å². The van der Waals surface area contributed by atoms with Gasteiger partial charge in [-0.3, -0.25) is 14.5 Å². The third kappa shape index (κ3) is 7.13. The summed E-state index contributed by atoms with van der Waals surface area (Å²) >= 11 is 0. The van der Waals surface area contributed by atoms with Crippen LogP contribution >= 0.6 is 0 Å². The maximum Gasteiger partial charge on any atom is 0.249 e. The number of ketones is 1. The minimum Gasteiger partial charge on any atom is -0.355 e. The van der Waals surface area contributed by atoms with E-state index in [9.17, 15) is 18.4 Å². The first-order valence-corrected chi connectivity index (χ1v) is 17.7. The third-order valence-electron chi connectivity index (χ3n) is 11.1. The Bertz CT molecular complexity index is 1620. The third-order valence-corrected chi connectivity index (χ3v) is 11.1. The van der Waals surface area contributed by atoms with Gasteiger partial charge in [0.1, 0.15) is 17.7 Å². The number of anilines is 4. The standard InChI is InChI=1S/C39H47F2N5O2/c1-26-39(48)43(2)36-16-13-31(23-37(36)46(26)25-33-34(40)7-4-8-35(33)41)42-30-6-3-5-29(22-30)38(47)21-27-11-14-32(15-12-27)45-19-17-44(18-20-45)24-28-9-10-28/h3-8,13,16,22-23,26-28,32,42H,9-12,14-15,17-21,24-25H2,1-2H3/t26-,27?,32?/m1/s1. The zero-order valence-electron chi connectivity index (χ0n) is 28.1. The van der Waals surface area contributed by atoms with Gasteiger partial charge in [-0.2, -0.15) is 0 Å². The van der Waals surface area contributed by atoms with Crippen LogP contribution in [-0.4, -0.2) is 73.3 Å². The number of amides is 1. The number of benzene rings is 3. The van der Waals surface area contributed by atoms with Gasteiger partial charge in [0.15, 0.2) is 5.78 Å². The molecule has 0 radical (unpaired) electrons. The van der Waals surface area contributed by atoms with Crippen molar-refractivity contribution in [1.82, 2.24) is 9.80 Å². The van der Waals surface area contributed by atoms with Gasteiger partial charge < -0.3 is 20.0 Å². The SMILES string of the molecule is C[C@@H]1C(=O)N(C)c2ccc(Nc3cccc(C(=O)CC4CCC(N5CCN(CC6CC6)CC5)CC4)c3)cc2N1Cc1c(F)cccc1F. The smallest absolute Gasteiger partial charge is 0.249 e. The van der Waals surface area contributed by atoms with E-state index < -0.39 is 17.7 Å². The Hall–Kier alpha value is -3.82. The van der Waals surface area contributed by atoms with Gasteiger partial charge in [-0.05, 0) is 99.7 Å². The molecule has 0 unspecified atom stereocenters. The van der Waals surface area contributed by atoms with Crippen molar-refractivity contribution in [3.8, 4) is 0 Å². The van der Waals surface area contributed by atoms with E-state index in [0.29, 0.717) is 35.3 Å². The maximum absolute atomic E-state index is 14.6. The second-order valence-electron chi connectivity index (χ2n) is 14.4. The first-order chi connectivity index (χ1) is 23.2. The normalized spacial score (nSPS) is 23.7. The minimum absolute atomic E-state index is 0.0762. The predicted octanol–water partition coefficient (Wildman–Crippen LogP) is 7.24. The monoisotopic (exact) mass is 655 g/mol. The Kier molecular flexibility index (Phi) is 9.52. The molecule has 1 amide bonds. The van der Waals surface area contributed by atoms with Gasteiger partial charge in [0.2, 0.25) is 5.91 Å². The lowest BCUT2D eigenvalue weighted by atomic mass is 9.81. The number of halogens is 2. The van der Waals surface area contributed by atoms with Crippen LogP contribution in [0.1, 0.15) is 67.8 Å². The highest BCUT2D eigenvalue weighted by Crippen LogP contribution is 2.40. The van der Waals surface area contributed by atoms with E-state index in [1.54, 1.807) is 23.8 Å². The van der Waals surface area contributed by atoms with Gasteiger partial charge in [-0.15, -0.1) is 0 Å². The van der Waals surface area contributed by atoms with Gasteiger partial charge in [0.05, 0.1) is 11.4 Å². The molecule has 7 nitrogen and oxygen atoms in total. The van der Waals surface area contributed by atoms with Crippen molar-refractivity contribution in [2.75, 3.05) is 54.9 Å². The number of rotatable bonds is 10. The first kappa shape index (κ1) is 32.7. The Balaban J connectivity index is 0.978. The number of nitrogens with zero attached hydrogens (tertiary/aromatic N) is 4. The molecular formula is C39H47F2N5O2. The summed E-state index contributed by atoms with van der Waals surface area (Å²) < 4.78 is 29.3. The molecule has 1 N–H and O–H groups in total. The number of likely N-dealkylation sites (N-methyl/N-ethyl adjacent to an activating group) is 1. The number of fused-ring (bicyclic) bond motifs is 1. The molecule has 254 valence electrons. The zero-order chi connectivity index (χ0) is 33.4. The fraction of sp³-hybridized carbons (Fsp3) is 0.487. The summed E-state index contributed by atoms with van der Waals surface area (Å²) in [4.78, 5) is 35.2. The van der Waals surface area contributed by atoms with E-state index in [4.69, 9.17) is 0 Å². The van der Waals surface area contributed by atoms with Crippen LogP contribution in [0.3, 0.4) is 0 Å². The summed E-state index contributed by atoms with van der Waals surface area (Å²) in [5, 5.41) is 3.42. The molecule has 48 heavy (non-hydrogen) atoms. The van der Waals surface area contributed by atoms with E-state index in [1.807, 2.05) is 42.5 Å². The van der Waals surface area contributed by atoms with Crippen molar-refractivity contribution in [1.29, 1.82) is 0 Å². The average molecular weight is 656 g/mol. The second-order valence-corrected chi connectivity index (χ2v) is 14.4. The molecule has 0 bridgehead atoms. The summed E-state index contributed by atoms with van der Waals surface area (Å²) in [6.45, 7) is 7.72. The minimum atomic E-state index is -0.642. The van der Waals surface area contributed by atoms with Crippen molar-refractivity contribution in [3.05, 3.63) is 83.4 Å². The van der Waals surface area contributed by atoms with Crippen molar-refractivity contribution in [2.24, 2.45) is 11.8 Å². The summed E-state index contributed by atoms with van der Waals surface area (Å²) in [6, 6.07) is 17.1. The van der Waals surface area contributed by atoms with E-state index in [-0.39, 0.29) is 23.8 Å². The molecule has 3 aromatic carbocycles. The highest BCUT2D eigenvalue weighted by Gasteiger charge is 2.35. The molecule has 3 aromatic rings. The number of hydrogen-bond donors (Lipinski definition) is 1. The molecule has 0 aromatic heterocycles. The molecule has 0 spiro atoms. The summed E-state index contributed by atoms with van der Waals surface area (Å²) in [5.41, 5.74) is 3.51. The molecule has 9 heteroatoms. The summed E-state index contributed by atoms with van der Waals surface area (Å²) in [6.07, 6.45) is 7.98. The average Bonchev–Trinajstić information content (AvgIpc) is 3.92. The molecular weight excluding hydrogens is 608 g/mol. The van der Waals surface area contributed by atoms with Crippen molar-refractivity contribution < 1.29 is 18.4 Å². The van der Waals surface area contributed by atoms with Crippen LogP contribution in [0.4, 0.5) is 31.5 Å². The number of hydrogen-bond acceptors (Lipinski definition) is 6. The highest BCUT2D eigenvalue weighted by molar-refractivity contribution is 6.05. The van der Waals surface area contributed by atoms with Crippen LogP contribution in [0.25, 0.3) is 0 Å². The van der Waals surface area contributed by atoms with Crippen molar-refractivity contribution in [2.45, 2.75) is 70.5 Å². The number of carbonyl (C=O) groups is 2. The second kappa shape index (κ2) is 14.0. The van der Waals surface area contributed by atoms with Crippen LogP contribution in [0.5, 0.6) is 0 Å². The van der Waals surface area contributed by atoms with E-state index in [0.717, 1.165) is 30.1 Å². The topological polar surface area (TPSA) is 59.1 Å². The highest BCUT2D eigenvalue weighted by atomic mass is 19.1. The van der Waals surface area contributed by atoms with E-state index in [1.165, 1.54) is 76.6 Å². The van der Waals surface area contributed by atoms with Crippen LogP contribution in [0.15, 0.2) is 60.7 Å². The van der Waals surface area contributed by atoms with Crippen molar-refractivity contribution >= 4 is 34.4 Å². The van der Waals surface area contributed by atoms with E-state index >= 15 is 0 Å². The van der Waals surface area contributed by atoms with Crippen LogP contribution in [0.2, 0.25) is 0 Å². The fourth-order valence-corrected chi connectivity index (χ4v) is 7.94. The quantitative estimate of drug-likeness (QED) is 0.233. The lowest BCUT2D eigenvalue weighted by molar-refractivity contribution is -0.119. The molecule has 4 aliphatic rings. The number of piperazine rings is 1. The molecule has 7 rings (SSSR count). The van der Waals surface area contributed by atoms with Crippen LogP contribution < -0.4 is 15.1 Å². The number of carbonyl (C=O) groups excluding carboxylic acids is 2. The molecule has 2 saturated carbocycles. The Morgan fingerprint density at radius 1 is 0.812 bits per heavy atom. The maximum atomic E-state index is 14.6. The Morgan fingerprint density at radius 2 is 1.48 bits per heavy atom. The first-order valence-electron chi connectivity index (χ1n) is 17.7. The zero-order valence-corrected chi connectivity index (χ0v) is 28.1. The van der Waals surface area contributed by atoms with Crippen LogP contribution in [-0.2, 0) is 11.3 Å². The summed E-state index contributed by atoms with van der Waals surface area (Å²) in [5.74, 6) is 0.123. The van der Waals surface area contributed by atoms with Gasteiger partial charge in [-0.25, -0.2) is 8.78 Å². The van der Waals surface area contributed by atoms with Gasteiger partial charge in [-0.1, -0.05) is 18.2 Å². The van der Waals surface area contributed by atoms with Crippen molar-refractivity contribution in [3.63, 3.8) is 0 Å². The molecule has 1 atom stereocenters.